The zero-order chi connectivity index (χ0) is 21.1. The Balaban J connectivity index is 1.54. The molecule has 7 heteroatoms. The van der Waals surface area contributed by atoms with Gasteiger partial charge < -0.3 is 4.42 Å². The van der Waals surface area contributed by atoms with E-state index in [0.29, 0.717) is 11.0 Å². The fourth-order valence-electron chi connectivity index (χ4n) is 3.87. The monoisotopic (exact) mass is 424 g/mol. The molecule has 2 aliphatic rings. The van der Waals surface area contributed by atoms with E-state index in [2.05, 4.69) is 5.32 Å². The SMILES string of the molecule is CC(c1ccccc1)N1C(=O)NC(=O)C(=Cc2ccc(SC3CCCCC3)o2)C1=O. The van der Waals surface area contributed by atoms with E-state index in [1.54, 1.807) is 24.8 Å². The van der Waals surface area contributed by atoms with Crippen molar-refractivity contribution in [3.8, 4) is 0 Å². The molecule has 2 heterocycles. The Kier molecular flexibility index (Phi) is 6.08. The Morgan fingerprint density at radius 1 is 1.07 bits per heavy atom. The number of nitrogens with one attached hydrogen (secondary N) is 1. The highest BCUT2D eigenvalue weighted by molar-refractivity contribution is 7.99. The molecule has 1 N–H and O–H groups in total. The predicted octanol–water partition coefficient (Wildman–Crippen LogP) is 4.93. The van der Waals surface area contributed by atoms with Crippen LogP contribution in [-0.4, -0.2) is 28.0 Å². The Hall–Kier alpha value is -2.80. The number of hydrogen-bond acceptors (Lipinski definition) is 5. The number of nitrogens with zero attached hydrogens (tertiary/aromatic N) is 1. The second kappa shape index (κ2) is 8.92. The first-order valence-corrected chi connectivity index (χ1v) is 11.1. The van der Waals surface area contributed by atoms with Gasteiger partial charge in [-0.3, -0.25) is 19.8 Å². The van der Waals surface area contributed by atoms with Crippen LogP contribution in [0.4, 0.5) is 4.79 Å². The van der Waals surface area contributed by atoms with E-state index < -0.39 is 23.9 Å². The van der Waals surface area contributed by atoms with E-state index >= 15 is 0 Å². The molecule has 0 bridgehead atoms. The van der Waals surface area contributed by atoms with Crippen molar-refractivity contribution in [1.29, 1.82) is 0 Å². The zero-order valence-electron chi connectivity index (χ0n) is 16.8. The van der Waals surface area contributed by atoms with Gasteiger partial charge in [-0.2, -0.15) is 0 Å². The molecular formula is C23H24N2O4S. The number of barbiturate groups is 1. The summed E-state index contributed by atoms with van der Waals surface area (Å²) in [6.07, 6.45) is 7.55. The van der Waals surface area contributed by atoms with Gasteiger partial charge in [0.15, 0.2) is 5.09 Å². The van der Waals surface area contributed by atoms with Gasteiger partial charge in [-0.05, 0) is 43.5 Å². The van der Waals surface area contributed by atoms with Crippen LogP contribution in [0.5, 0.6) is 0 Å². The Morgan fingerprint density at radius 3 is 2.53 bits per heavy atom. The van der Waals surface area contributed by atoms with Crippen LogP contribution in [0.15, 0.2) is 57.5 Å². The molecular weight excluding hydrogens is 400 g/mol. The number of carbonyl (C=O) groups is 3. The number of furan rings is 1. The highest BCUT2D eigenvalue weighted by Crippen LogP contribution is 2.35. The molecule has 1 aromatic carbocycles. The molecule has 1 unspecified atom stereocenters. The average Bonchev–Trinajstić information content (AvgIpc) is 3.19. The van der Waals surface area contributed by atoms with Crippen molar-refractivity contribution in [1.82, 2.24) is 10.2 Å². The van der Waals surface area contributed by atoms with Crippen LogP contribution in [0, 0.1) is 0 Å². The van der Waals surface area contributed by atoms with Gasteiger partial charge in [0.25, 0.3) is 11.8 Å². The molecule has 1 saturated heterocycles. The third-order valence-electron chi connectivity index (χ3n) is 5.53. The average molecular weight is 425 g/mol. The largest absolute Gasteiger partial charge is 0.450 e. The van der Waals surface area contributed by atoms with Gasteiger partial charge in [0.05, 0.1) is 6.04 Å². The molecule has 1 aromatic heterocycles. The lowest BCUT2D eigenvalue weighted by atomic mass is 10.0. The second-order valence-corrected chi connectivity index (χ2v) is 8.92. The summed E-state index contributed by atoms with van der Waals surface area (Å²) in [5, 5.41) is 3.59. The number of urea groups is 1. The number of imide groups is 2. The molecule has 1 saturated carbocycles. The maximum Gasteiger partial charge on any atom is 0.331 e. The maximum absolute atomic E-state index is 13.0. The molecule has 1 atom stereocenters. The van der Waals surface area contributed by atoms with Crippen molar-refractivity contribution in [2.75, 3.05) is 0 Å². The van der Waals surface area contributed by atoms with Crippen molar-refractivity contribution >= 4 is 35.7 Å². The van der Waals surface area contributed by atoms with Crippen molar-refractivity contribution < 1.29 is 18.8 Å². The quantitative estimate of drug-likeness (QED) is 0.544. The molecule has 4 amide bonds. The summed E-state index contributed by atoms with van der Waals surface area (Å²) in [5.41, 5.74) is 0.694. The molecule has 4 rings (SSSR count). The lowest BCUT2D eigenvalue weighted by Gasteiger charge is -2.31. The number of benzene rings is 1. The highest BCUT2D eigenvalue weighted by atomic mass is 32.2. The van der Waals surface area contributed by atoms with Crippen LogP contribution in [-0.2, 0) is 9.59 Å². The van der Waals surface area contributed by atoms with E-state index in [1.807, 2.05) is 36.4 Å². The first kappa shape index (κ1) is 20.5. The first-order valence-electron chi connectivity index (χ1n) is 10.2. The molecule has 6 nitrogen and oxygen atoms in total. The van der Waals surface area contributed by atoms with Gasteiger partial charge in [-0.15, -0.1) is 0 Å². The predicted molar refractivity (Wildman–Crippen MR) is 115 cm³/mol. The number of hydrogen-bond donors (Lipinski definition) is 1. The van der Waals surface area contributed by atoms with Crippen LogP contribution < -0.4 is 5.32 Å². The van der Waals surface area contributed by atoms with Crippen LogP contribution >= 0.6 is 11.8 Å². The van der Waals surface area contributed by atoms with Gasteiger partial charge in [-0.25, -0.2) is 4.79 Å². The van der Waals surface area contributed by atoms with Gasteiger partial charge in [0.2, 0.25) is 0 Å². The Labute approximate surface area is 179 Å². The van der Waals surface area contributed by atoms with E-state index in [4.69, 9.17) is 4.42 Å². The summed E-state index contributed by atoms with van der Waals surface area (Å²) in [6.45, 7) is 1.76. The summed E-state index contributed by atoms with van der Waals surface area (Å²) in [5.74, 6) is -0.911. The normalized spacial score (nSPS) is 20.5. The molecule has 0 spiro atoms. The molecule has 30 heavy (non-hydrogen) atoms. The van der Waals surface area contributed by atoms with E-state index in [-0.39, 0.29) is 5.57 Å². The lowest BCUT2D eigenvalue weighted by Crippen LogP contribution is -2.54. The van der Waals surface area contributed by atoms with Crippen molar-refractivity contribution in [2.24, 2.45) is 0 Å². The van der Waals surface area contributed by atoms with Gasteiger partial charge >= 0.3 is 6.03 Å². The first-order chi connectivity index (χ1) is 14.5. The van der Waals surface area contributed by atoms with Crippen molar-refractivity contribution in [3.05, 3.63) is 59.4 Å². The zero-order valence-corrected chi connectivity index (χ0v) is 17.6. The minimum atomic E-state index is -0.716. The molecule has 156 valence electrons. The summed E-state index contributed by atoms with van der Waals surface area (Å²) in [7, 11) is 0. The lowest BCUT2D eigenvalue weighted by molar-refractivity contribution is -0.131. The number of carbonyl (C=O) groups excluding carboxylic acids is 3. The summed E-state index contributed by atoms with van der Waals surface area (Å²) < 4.78 is 5.84. The number of amides is 4. The van der Waals surface area contributed by atoms with Crippen LogP contribution in [0.25, 0.3) is 6.08 Å². The third kappa shape index (κ3) is 4.36. The highest BCUT2D eigenvalue weighted by Gasteiger charge is 2.39. The Bertz CT molecular complexity index is 976. The minimum Gasteiger partial charge on any atom is -0.450 e. The van der Waals surface area contributed by atoms with E-state index in [0.717, 1.165) is 15.6 Å². The van der Waals surface area contributed by atoms with Crippen LogP contribution in [0.3, 0.4) is 0 Å². The standard InChI is InChI=1S/C23H24N2O4S/c1-15(16-8-4-2-5-9-16)25-22(27)19(21(26)24-23(25)28)14-17-12-13-20(29-17)30-18-10-6-3-7-11-18/h2,4-5,8-9,12-15,18H,3,6-7,10-11H2,1H3,(H,24,26,28). The fraction of sp³-hybridized carbons (Fsp3) is 0.348. The fourth-order valence-corrected chi connectivity index (χ4v) is 5.06. The van der Waals surface area contributed by atoms with Crippen LogP contribution in [0.2, 0.25) is 0 Å². The second-order valence-electron chi connectivity index (χ2n) is 7.61. The summed E-state index contributed by atoms with van der Waals surface area (Å²) in [4.78, 5) is 38.8. The Morgan fingerprint density at radius 2 is 1.80 bits per heavy atom. The smallest absolute Gasteiger partial charge is 0.331 e. The van der Waals surface area contributed by atoms with Crippen LogP contribution in [0.1, 0.15) is 56.4 Å². The summed E-state index contributed by atoms with van der Waals surface area (Å²) in [6, 6.07) is 11.6. The molecule has 1 aliphatic heterocycles. The van der Waals surface area contributed by atoms with Gasteiger partial charge in [0.1, 0.15) is 11.3 Å². The maximum atomic E-state index is 13.0. The van der Waals surface area contributed by atoms with Gasteiger partial charge in [-0.1, -0.05) is 61.4 Å². The van der Waals surface area contributed by atoms with E-state index in [9.17, 15) is 14.4 Å². The van der Waals surface area contributed by atoms with Gasteiger partial charge in [0, 0.05) is 5.25 Å². The van der Waals surface area contributed by atoms with E-state index in [1.165, 1.54) is 38.2 Å². The number of rotatable bonds is 5. The molecule has 2 fully saturated rings. The minimum absolute atomic E-state index is 0.110. The molecule has 2 aromatic rings. The third-order valence-corrected chi connectivity index (χ3v) is 6.78. The topological polar surface area (TPSA) is 79.6 Å². The molecule has 1 aliphatic carbocycles. The number of thioether (sulfide) groups is 1. The van der Waals surface area contributed by atoms with Crippen molar-refractivity contribution in [3.63, 3.8) is 0 Å². The summed E-state index contributed by atoms with van der Waals surface area (Å²) >= 11 is 1.71. The molecule has 0 radical (unpaired) electrons. The van der Waals surface area contributed by atoms with Crippen molar-refractivity contribution in [2.45, 2.75) is 55.4 Å².